The number of nitrogens with one attached hydrogen (secondary N) is 3. The Morgan fingerprint density at radius 1 is 0.829 bits per heavy atom. The maximum atomic E-state index is 12.9. The van der Waals surface area contributed by atoms with E-state index < -0.39 is 0 Å². The monoisotopic (exact) mass is 481 g/mol. The van der Waals surface area contributed by atoms with Gasteiger partial charge in [0.1, 0.15) is 0 Å². The van der Waals surface area contributed by atoms with Crippen LogP contribution in [0, 0.1) is 0 Å². The van der Waals surface area contributed by atoms with E-state index in [1.807, 2.05) is 48.5 Å². The average Bonchev–Trinajstić information content (AvgIpc) is 2.84. The highest BCUT2D eigenvalue weighted by atomic mass is 16.5. The van der Waals surface area contributed by atoms with Gasteiger partial charge in [-0.15, -0.1) is 0 Å². The van der Waals surface area contributed by atoms with Gasteiger partial charge in [-0.05, 0) is 41.4 Å². The van der Waals surface area contributed by atoms with Crippen LogP contribution in [0.5, 0.6) is 0 Å². The minimum Gasteiger partial charge on any atom is -0.469 e. The molecule has 0 aromatic heterocycles. The molecule has 1 atom stereocenters. The molecule has 2 rings (SSSR count). The topological polar surface area (TPSA) is 96.5 Å². The number of carbonyl (C=O) groups is 3. The van der Waals surface area contributed by atoms with Crippen LogP contribution in [-0.2, 0) is 14.3 Å². The van der Waals surface area contributed by atoms with Crippen LogP contribution in [0.3, 0.4) is 0 Å². The first kappa shape index (κ1) is 27.9. The van der Waals surface area contributed by atoms with Crippen molar-refractivity contribution >= 4 is 23.6 Å². The van der Waals surface area contributed by atoms with Gasteiger partial charge in [0, 0.05) is 25.1 Å². The molecule has 2 aromatic rings. The second kappa shape index (κ2) is 14.1. The number of esters is 1. The lowest BCUT2D eigenvalue weighted by atomic mass is 9.93. The van der Waals surface area contributed by atoms with Crippen molar-refractivity contribution in [1.82, 2.24) is 10.6 Å². The molecule has 35 heavy (non-hydrogen) atoms. The molecule has 190 valence electrons. The fourth-order valence-electron chi connectivity index (χ4n) is 3.91. The van der Waals surface area contributed by atoms with Gasteiger partial charge in [-0.25, -0.2) is 4.79 Å². The third kappa shape index (κ3) is 9.08. The maximum absolute atomic E-state index is 12.9. The summed E-state index contributed by atoms with van der Waals surface area (Å²) in [5.41, 5.74) is 3.93. The smallest absolute Gasteiger partial charge is 0.319 e. The minimum atomic E-state index is -0.375. The summed E-state index contributed by atoms with van der Waals surface area (Å²) in [6.07, 6.45) is 1.76. The SMILES string of the molecule is COC(=O)CCCCC(=O)NC(CNC(=O)Nc1c(C(C)C)cccc1C(C)C)c1ccccc1. The van der Waals surface area contributed by atoms with Crippen LogP contribution >= 0.6 is 0 Å². The van der Waals surface area contributed by atoms with E-state index in [9.17, 15) is 14.4 Å². The zero-order chi connectivity index (χ0) is 25.8. The molecule has 0 aliphatic heterocycles. The lowest BCUT2D eigenvalue weighted by molar-refractivity contribution is -0.140. The number of urea groups is 1. The van der Waals surface area contributed by atoms with Crippen LogP contribution < -0.4 is 16.0 Å². The first-order valence-corrected chi connectivity index (χ1v) is 12.3. The van der Waals surface area contributed by atoms with E-state index >= 15 is 0 Å². The van der Waals surface area contributed by atoms with Crippen molar-refractivity contribution in [2.45, 2.75) is 71.3 Å². The average molecular weight is 482 g/mol. The van der Waals surface area contributed by atoms with Gasteiger partial charge >= 0.3 is 12.0 Å². The zero-order valence-electron chi connectivity index (χ0n) is 21.5. The summed E-state index contributed by atoms with van der Waals surface area (Å²) in [4.78, 5) is 36.7. The Kier molecular flexibility index (Phi) is 11.3. The summed E-state index contributed by atoms with van der Waals surface area (Å²) in [6.45, 7) is 8.66. The summed E-state index contributed by atoms with van der Waals surface area (Å²) in [5, 5.41) is 9.00. The van der Waals surface area contributed by atoms with Crippen molar-refractivity contribution in [2.24, 2.45) is 0 Å². The summed E-state index contributed by atoms with van der Waals surface area (Å²) in [7, 11) is 1.35. The number of para-hydroxylation sites is 1. The Hall–Kier alpha value is -3.35. The molecule has 3 amide bonds. The van der Waals surface area contributed by atoms with Crippen molar-refractivity contribution in [3.8, 4) is 0 Å². The van der Waals surface area contributed by atoms with Crippen LogP contribution in [0.4, 0.5) is 10.5 Å². The van der Waals surface area contributed by atoms with Gasteiger partial charge in [-0.2, -0.15) is 0 Å². The molecule has 0 saturated carbocycles. The number of rotatable bonds is 12. The van der Waals surface area contributed by atoms with Crippen molar-refractivity contribution in [3.05, 3.63) is 65.2 Å². The van der Waals surface area contributed by atoms with Crippen molar-refractivity contribution in [2.75, 3.05) is 19.0 Å². The number of unbranched alkanes of at least 4 members (excludes halogenated alkanes) is 1. The number of ether oxygens (including phenoxy) is 1. The third-order valence-corrected chi connectivity index (χ3v) is 5.88. The number of anilines is 1. The molecule has 7 nitrogen and oxygen atoms in total. The quantitative estimate of drug-likeness (QED) is 0.270. The van der Waals surface area contributed by atoms with Gasteiger partial charge in [-0.3, -0.25) is 9.59 Å². The standard InChI is InChI=1S/C28H39N3O4/c1-19(2)22-14-11-15-23(20(3)4)27(22)31-28(34)29-18-24(21-12-7-6-8-13-21)30-25(32)16-9-10-17-26(33)35-5/h6-8,11-15,19-20,24H,9-10,16-18H2,1-5H3,(H,30,32)(H2,29,31,34). The summed E-state index contributed by atoms with van der Waals surface area (Å²) in [5.74, 6) is 0.125. The molecular weight excluding hydrogens is 442 g/mol. The normalized spacial score (nSPS) is 11.7. The second-order valence-electron chi connectivity index (χ2n) is 9.27. The molecule has 0 bridgehead atoms. The van der Waals surface area contributed by atoms with E-state index in [0.29, 0.717) is 25.7 Å². The molecule has 0 heterocycles. The van der Waals surface area contributed by atoms with E-state index in [-0.39, 0.29) is 42.3 Å². The highest BCUT2D eigenvalue weighted by Gasteiger charge is 2.19. The van der Waals surface area contributed by atoms with Crippen molar-refractivity contribution in [1.29, 1.82) is 0 Å². The van der Waals surface area contributed by atoms with Crippen LogP contribution in [0.15, 0.2) is 48.5 Å². The van der Waals surface area contributed by atoms with Gasteiger partial charge < -0.3 is 20.7 Å². The Balaban J connectivity index is 2.03. The zero-order valence-corrected chi connectivity index (χ0v) is 21.5. The summed E-state index contributed by atoms with van der Waals surface area (Å²) < 4.78 is 4.63. The molecule has 0 aliphatic carbocycles. The number of methoxy groups -OCH3 is 1. The fraction of sp³-hybridized carbons (Fsp3) is 0.464. The highest BCUT2D eigenvalue weighted by Crippen LogP contribution is 2.32. The van der Waals surface area contributed by atoms with Gasteiger partial charge in [0.25, 0.3) is 0 Å². The largest absolute Gasteiger partial charge is 0.469 e. The molecule has 0 aliphatic rings. The minimum absolute atomic E-state index is 0.127. The third-order valence-electron chi connectivity index (χ3n) is 5.88. The number of hydrogen-bond acceptors (Lipinski definition) is 4. The summed E-state index contributed by atoms with van der Waals surface area (Å²) >= 11 is 0. The Labute approximate surface area is 209 Å². The van der Waals surface area contributed by atoms with Crippen molar-refractivity contribution in [3.63, 3.8) is 0 Å². The molecule has 0 spiro atoms. The Morgan fingerprint density at radius 2 is 1.43 bits per heavy atom. The van der Waals surface area contributed by atoms with Gasteiger partial charge in [0.2, 0.25) is 5.91 Å². The van der Waals surface area contributed by atoms with E-state index in [0.717, 1.165) is 22.4 Å². The molecule has 7 heteroatoms. The van der Waals surface area contributed by atoms with Gasteiger partial charge in [0.05, 0.1) is 13.2 Å². The first-order chi connectivity index (χ1) is 16.7. The first-order valence-electron chi connectivity index (χ1n) is 12.3. The fourth-order valence-corrected chi connectivity index (χ4v) is 3.91. The molecule has 3 N–H and O–H groups in total. The number of carbonyl (C=O) groups excluding carboxylic acids is 3. The Morgan fingerprint density at radius 3 is 2.00 bits per heavy atom. The lowest BCUT2D eigenvalue weighted by Gasteiger charge is -2.22. The Bertz CT molecular complexity index is 947. The van der Waals surface area contributed by atoms with Gasteiger partial charge in [0.15, 0.2) is 0 Å². The molecule has 1 unspecified atom stereocenters. The van der Waals surface area contributed by atoms with E-state index in [4.69, 9.17) is 0 Å². The van der Waals surface area contributed by atoms with Crippen molar-refractivity contribution < 1.29 is 19.1 Å². The highest BCUT2D eigenvalue weighted by molar-refractivity contribution is 5.91. The molecular formula is C28H39N3O4. The summed E-state index contributed by atoms with van der Waals surface area (Å²) in [6, 6.07) is 15.0. The maximum Gasteiger partial charge on any atom is 0.319 e. The number of benzene rings is 2. The van der Waals surface area contributed by atoms with Gasteiger partial charge in [-0.1, -0.05) is 76.2 Å². The molecule has 0 saturated heterocycles. The van der Waals surface area contributed by atoms with Crippen LogP contribution in [0.1, 0.15) is 87.9 Å². The lowest BCUT2D eigenvalue weighted by Crippen LogP contribution is -2.39. The molecule has 2 aromatic carbocycles. The second-order valence-corrected chi connectivity index (χ2v) is 9.27. The predicted molar refractivity (Wildman–Crippen MR) is 139 cm³/mol. The van der Waals surface area contributed by atoms with Crippen LogP contribution in [0.2, 0.25) is 0 Å². The van der Waals surface area contributed by atoms with E-state index in [1.165, 1.54) is 7.11 Å². The van der Waals surface area contributed by atoms with E-state index in [1.54, 1.807) is 0 Å². The van der Waals surface area contributed by atoms with Crippen LogP contribution in [-0.4, -0.2) is 31.6 Å². The number of hydrogen-bond donors (Lipinski definition) is 3. The molecule has 0 radical (unpaired) electrons. The number of amides is 3. The molecule has 0 fully saturated rings. The van der Waals surface area contributed by atoms with Crippen LogP contribution in [0.25, 0.3) is 0 Å². The van der Waals surface area contributed by atoms with E-state index in [2.05, 4.69) is 48.4 Å². The predicted octanol–water partition coefficient (Wildman–Crippen LogP) is 5.65.